The smallest absolute Gasteiger partial charge is 0.173 e. The molecule has 4 rings (SSSR count). The second-order valence-electron chi connectivity index (χ2n) is 5.68. The molecule has 0 atom stereocenters. The lowest BCUT2D eigenvalue weighted by molar-refractivity contribution is 0.410. The van der Waals surface area contributed by atoms with Crippen LogP contribution in [-0.4, -0.2) is 17.1 Å². The number of para-hydroxylation sites is 2. The summed E-state index contributed by atoms with van der Waals surface area (Å²) < 4.78 is 5.43. The maximum atomic E-state index is 6.28. The van der Waals surface area contributed by atoms with Crippen LogP contribution in [0.5, 0.6) is 5.75 Å². The first kappa shape index (κ1) is 16.8. The second-order valence-corrected chi connectivity index (χ2v) is 7.00. The second kappa shape index (κ2) is 7.32. The van der Waals surface area contributed by atoms with Crippen LogP contribution < -0.4 is 10.1 Å². The number of methoxy groups -OCH3 is 1. The van der Waals surface area contributed by atoms with Gasteiger partial charge in [0, 0.05) is 17.5 Å². The molecule has 0 fully saturated rings. The van der Waals surface area contributed by atoms with E-state index in [1.807, 2.05) is 60.0 Å². The highest BCUT2D eigenvalue weighted by molar-refractivity contribution is 7.14. The number of anilines is 1. The van der Waals surface area contributed by atoms with Gasteiger partial charge >= 0.3 is 0 Å². The van der Waals surface area contributed by atoms with Gasteiger partial charge in [0.05, 0.1) is 22.5 Å². The lowest BCUT2D eigenvalue weighted by Crippen LogP contribution is -2.05. The van der Waals surface area contributed by atoms with Crippen LogP contribution >= 0.6 is 22.9 Å². The molecular formula is C20H16ClN3OS. The zero-order valence-corrected chi connectivity index (χ0v) is 15.6. The molecular weight excluding hydrogens is 366 g/mol. The fraction of sp³-hybridized carbons (Fsp3) is 0.100. The van der Waals surface area contributed by atoms with Crippen molar-refractivity contribution in [1.29, 1.82) is 0 Å². The Balaban J connectivity index is 1.75. The molecule has 0 aliphatic carbocycles. The number of aromatic nitrogens is 2. The van der Waals surface area contributed by atoms with Crippen LogP contribution in [0.25, 0.3) is 21.6 Å². The van der Waals surface area contributed by atoms with Gasteiger partial charge in [0.15, 0.2) is 5.82 Å². The van der Waals surface area contributed by atoms with Gasteiger partial charge in [-0.2, -0.15) is 0 Å². The largest absolute Gasteiger partial charge is 0.496 e. The van der Waals surface area contributed by atoms with Crippen molar-refractivity contribution in [3.8, 4) is 16.5 Å². The van der Waals surface area contributed by atoms with E-state index in [2.05, 4.69) is 10.3 Å². The molecule has 1 N–H and O–H groups in total. The Bertz CT molecular complexity index is 1060. The summed E-state index contributed by atoms with van der Waals surface area (Å²) in [4.78, 5) is 10.3. The number of halogens is 1. The maximum absolute atomic E-state index is 6.28. The van der Waals surface area contributed by atoms with E-state index in [9.17, 15) is 0 Å². The van der Waals surface area contributed by atoms with Crippen LogP contribution in [0.2, 0.25) is 5.02 Å². The van der Waals surface area contributed by atoms with Crippen LogP contribution in [0.1, 0.15) is 5.56 Å². The Morgan fingerprint density at radius 1 is 1.04 bits per heavy atom. The molecule has 2 aromatic heterocycles. The van der Waals surface area contributed by atoms with Crippen molar-refractivity contribution in [2.45, 2.75) is 6.54 Å². The number of nitrogens with zero attached hydrogens (tertiary/aromatic N) is 2. The first-order chi connectivity index (χ1) is 12.8. The van der Waals surface area contributed by atoms with Gasteiger partial charge in [-0.25, -0.2) is 9.97 Å². The van der Waals surface area contributed by atoms with Gasteiger partial charge in [0.25, 0.3) is 0 Å². The Labute approximate surface area is 160 Å². The van der Waals surface area contributed by atoms with Gasteiger partial charge in [0.2, 0.25) is 0 Å². The normalized spacial score (nSPS) is 10.8. The maximum Gasteiger partial charge on any atom is 0.173 e. The van der Waals surface area contributed by atoms with Crippen LogP contribution in [0, 0.1) is 0 Å². The van der Waals surface area contributed by atoms with Crippen molar-refractivity contribution in [3.05, 3.63) is 70.6 Å². The minimum atomic E-state index is 0.600. The number of ether oxygens (including phenoxy) is 1. The van der Waals surface area contributed by atoms with Crippen molar-refractivity contribution >= 4 is 39.7 Å². The van der Waals surface area contributed by atoms with Crippen molar-refractivity contribution in [3.63, 3.8) is 0 Å². The Morgan fingerprint density at radius 2 is 1.85 bits per heavy atom. The molecule has 0 radical (unpaired) electrons. The van der Waals surface area contributed by atoms with E-state index in [0.29, 0.717) is 17.4 Å². The number of hydrogen-bond donors (Lipinski definition) is 1. The van der Waals surface area contributed by atoms with Crippen LogP contribution in [-0.2, 0) is 6.54 Å². The number of hydrogen-bond acceptors (Lipinski definition) is 5. The lowest BCUT2D eigenvalue weighted by atomic mass is 10.2. The quantitative estimate of drug-likeness (QED) is 0.486. The molecule has 4 nitrogen and oxygen atoms in total. The lowest BCUT2D eigenvalue weighted by Gasteiger charge is -2.12. The number of fused-ring (bicyclic) bond motifs is 1. The molecule has 4 aromatic rings. The molecule has 0 spiro atoms. The molecule has 0 unspecified atom stereocenters. The van der Waals surface area contributed by atoms with Gasteiger partial charge in [-0.1, -0.05) is 41.9 Å². The third-order valence-corrected chi connectivity index (χ3v) is 5.40. The minimum Gasteiger partial charge on any atom is -0.496 e. The van der Waals surface area contributed by atoms with Crippen molar-refractivity contribution in [2.75, 3.05) is 12.4 Å². The summed E-state index contributed by atoms with van der Waals surface area (Å²) in [6.07, 6.45) is 0. The Kier molecular flexibility index (Phi) is 4.73. The molecule has 0 aliphatic heterocycles. The average molecular weight is 382 g/mol. The summed E-state index contributed by atoms with van der Waals surface area (Å²) in [6.45, 7) is 0.600. The molecule has 130 valence electrons. The average Bonchev–Trinajstić information content (AvgIpc) is 3.12. The predicted octanol–water partition coefficient (Wildman–Crippen LogP) is 5.63. The van der Waals surface area contributed by atoms with E-state index in [4.69, 9.17) is 21.3 Å². The molecule has 0 saturated heterocycles. The van der Waals surface area contributed by atoms with E-state index in [1.54, 1.807) is 7.11 Å². The third-order valence-electron chi connectivity index (χ3n) is 4.06. The molecule has 26 heavy (non-hydrogen) atoms. The Hall–Kier alpha value is -2.63. The SMILES string of the molecule is COc1ccccc1CNc1nc(-c2sccc2Cl)nc2ccccc12. The molecule has 2 heterocycles. The number of thiophene rings is 1. The number of rotatable bonds is 5. The van der Waals surface area contributed by atoms with Gasteiger partial charge in [-0.15, -0.1) is 11.3 Å². The zero-order chi connectivity index (χ0) is 17.9. The summed E-state index contributed by atoms with van der Waals surface area (Å²) in [6, 6.07) is 17.8. The fourth-order valence-corrected chi connectivity index (χ4v) is 3.87. The summed E-state index contributed by atoms with van der Waals surface area (Å²) in [5.74, 6) is 2.26. The van der Waals surface area contributed by atoms with Gasteiger partial charge < -0.3 is 10.1 Å². The van der Waals surface area contributed by atoms with E-state index in [1.165, 1.54) is 11.3 Å². The van der Waals surface area contributed by atoms with E-state index < -0.39 is 0 Å². The Morgan fingerprint density at radius 3 is 2.65 bits per heavy atom. The van der Waals surface area contributed by atoms with Crippen LogP contribution in [0.15, 0.2) is 60.0 Å². The first-order valence-corrected chi connectivity index (χ1v) is 9.38. The summed E-state index contributed by atoms with van der Waals surface area (Å²) in [7, 11) is 1.68. The predicted molar refractivity (Wildman–Crippen MR) is 108 cm³/mol. The highest BCUT2D eigenvalue weighted by Gasteiger charge is 2.13. The topological polar surface area (TPSA) is 47.0 Å². The van der Waals surface area contributed by atoms with Crippen molar-refractivity contribution in [2.24, 2.45) is 0 Å². The van der Waals surface area contributed by atoms with E-state index >= 15 is 0 Å². The van der Waals surface area contributed by atoms with E-state index in [-0.39, 0.29) is 0 Å². The molecule has 0 saturated carbocycles. The molecule has 6 heteroatoms. The van der Waals surface area contributed by atoms with Crippen molar-refractivity contribution in [1.82, 2.24) is 9.97 Å². The standard InChI is InChI=1S/C20H16ClN3OS/c1-25-17-9-5-2-6-13(17)12-22-19-14-7-3-4-8-16(14)23-20(24-19)18-15(21)10-11-26-18/h2-11H,12H2,1H3,(H,22,23,24). The summed E-state index contributed by atoms with van der Waals surface area (Å²) >= 11 is 7.82. The molecule has 0 bridgehead atoms. The van der Waals surface area contributed by atoms with Crippen LogP contribution in [0.4, 0.5) is 5.82 Å². The fourth-order valence-electron chi connectivity index (χ4n) is 2.79. The van der Waals surface area contributed by atoms with Gasteiger partial charge in [0.1, 0.15) is 11.6 Å². The number of nitrogens with one attached hydrogen (secondary N) is 1. The highest BCUT2D eigenvalue weighted by atomic mass is 35.5. The zero-order valence-electron chi connectivity index (χ0n) is 14.1. The monoisotopic (exact) mass is 381 g/mol. The van der Waals surface area contributed by atoms with Crippen LogP contribution in [0.3, 0.4) is 0 Å². The first-order valence-electron chi connectivity index (χ1n) is 8.12. The third kappa shape index (κ3) is 3.23. The highest BCUT2D eigenvalue weighted by Crippen LogP contribution is 2.33. The number of benzene rings is 2. The van der Waals surface area contributed by atoms with Gasteiger partial charge in [-0.3, -0.25) is 0 Å². The van der Waals surface area contributed by atoms with Crippen molar-refractivity contribution < 1.29 is 4.74 Å². The van der Waals surface area contributed by atoms with Gasteiger partial charge in [-0.05, 0) is 29.6 Å². The minimum absolute atomic E-state index is 0.600. The summed E-state index contributed by atoms with van der Waals surface area (Å²) in [5, 5.41) is 7.01. The van der Waals surface area contributed by atoms with E-state index in [0.717, 1.165) is 32.9 Å². The molecule has 0 aliphatic rings. The molecule has 0 amide bonds. The molecule has 2 aromatic carbocycles. The summed E-state index contributed by atoms with van der Waals surface area (Å²) in [5.41, 5.74) is 1.94.